The van der Waals surface area contributed by atoms with Gasteiger partial charge in [0, 0.05) is 13.3 Å². The Bertz CT molecular complexity index is 5130. The lowest BCUT2D eigenvalue weighted by molar-refractivity contribution is -0.390. The van der Waals surface area contributed by atoms with Crippen LogP contribution in [0.25, 0.3) is 0 Å². The number of hydrogen-bond donors (Lipinski definition) is 1. The highest BCUT2D eigenvalue weighted by Crippen LogP contribution is 2.45. The second-order valence-corrected chi connectivity index (χ2v) is 41.9. The van der Waals surface area contributed by atoms with Gasteiger partial charge in [0.2, 0.25) is 5.91 Å². The zero-order chi connectivity index (χ0) is 96.2. The molecule has 20 atom stereocenters. The molecule has 14 rings (SSSR count). The molecule has 10 aromatic carbocycles. The van der Waals surface area contributed by atoms with Gasteiger partial charge >= 0.3 is 5.97 Å². The average Bonchev–Trinajstić information content (AvgIpc) is 0.737. The van der Waals surface area contributed by atoms with E-state index in [1.54, 1.807) is 6.08 Å². The van der Waals surface area contributed by atoms with Gasteiger partial charge in [-0.15, -0.1) is 6.58 Å². The summed E-state index contributed by atoms with van der Waals surface area (Å²) in [6, 6.07) is 96.8. The van der Waals surface area contributed by atoms with E-state index in [4.69, 9.17) is 94.4 Å². The normalized spacial score (nSPS) is 25.1. The summed E-state index contributed by atoms with van der Waals surface area (Å²) in [5.74, 6) is -1.48. The Hall–Kier alpha value is -9.99. The summed E-state index contributed by atoms with van der Waals surface area (Å²) in [5.41, 5.74) is 9.03. The lowest BCUT2D eigenvalue weighted by Gasteiger charge is -2.51. The minimum atomic E-state index is -2.76. The van der Waals surface area contributed by atoms with Gasteiger partial charge in [0.05, 0.1) is 106 Å². The Morgan fingerprint density at radius 3 is 0.935 bits per heavy atom. The number of ether oxygens (including phenoxy) is 19. The van der Waals surface area contributed by atoms with Crippen LogP contribution in [0.15, 0.2) is 316 Å². The summed E-state index contributed by atoms with van der Waals surface area (Å²) in [6.07, 6.45) is -22.5. The van der Waals surface area contributed by atoms with Crippen molar-refractivity contribution in [2.75, 3.05) is 33.0 Å². The zero-order valence-electron chi connectivity index (χ0n) is 80.3. The first-order valence-corrected chi connectivity index (χ1v) is 50.4. The molecule has 0 aromatic heterocycles. The van der Waals surface area contributed by atoms with E-state index in [2.05, 4.69) is 53.4 Å². The topological polar surface area (TPSA) is 248 Å². The summed E-state index contributed by atoms with van der Waals surface area (Å²) in [6.45, 7) is 20.5. The first-order valence-electron chi connectivity index (χ1n) is 48.3. The number of nitrogens with one attached hydrogen (secondary N) is 1. The molecule has 1 amide bonds. The van der Waals surface area contributed by atoms with Gasteiger partial charge in [-0.3, -0.25) is 9.59 Å². The van der Waals surface area contributed by atoms with Crippen LogP contribution in [-0.2, 0) is 175 Å². The van der Waals surface area contributed by atoms with Gasteiger partial charge in [0.25, 0.3) is 0 Å². The number of carbonyl (C=O) groups excluding carboxylic acids is 3. The number of amides is 1. The lowest BCUT2D eigenvalue weighted by Crippen LogP contribution is -2.69. The van der Waals surface area contributed by atoms with Crippen molar-refractivity contribution in [1.29, 1.82) is 0 Å². The van der Waals surface area contributed by atoms with Gasteiger partial charge in [0.15, 0.2) is 39.6 Å². The third-order valence-electron chi connectivity index (χ3n) is 25.4. The fourth-order valence-electron chi connectivity index (χ4n) is 18.7. The molecule has 1 N–H and O–H groups in total. The molecular weight excluding hydrogens is 1770 g/mol. The van der Waals surface area contributed by atoms with Gasteiger partial charge < -0.3 is 105 Å². The van der Waals surface area contributed by atoms with Gasteiger partial charge in [-0.2, -0.15) is 0 Å². The quantitative estimate of drug-likeness (QED) is 0.0211. The predicted octanol–water partition coefficient (Wildman–Crippen LogP) is 19.0. The molecule has 0 saturated carbocycles. The second-order valence-electron chi connectivity index (χ2n) is 36.4. The van der Waals surface area contributed by atoms with E-state index in [0.717, 1.165) is 55.6 Å². The van der Waals surface area contributed by atoms with Crippen molar-refractivity contribution in [2.24, 2.45) is 0 Å². The summed E-state index contributed by atoms with van der Waals surface area (Å²) in [4.78, 5) is 42.2. The molecule has 0 bridgehead atoms. The fraction of sp³-hybridized carbons (Fsp3) is 0.425. The Labute approximate surface area is 813 Å². The van der Waals surface area contributed by atoms with Crippen molar-refractivity contribution in [2.45, 2.75) is 274 Å². The smallest absolute Gasteiger partial charge is 0.306 e. The molecule has 10 aromatic rings. The minimum Gasteiger partial charge on any atom is -0.454 e. The van der Waals surface area contributed by atoms with Crippen LogP contribution >= 0.6 is 0 Å². The number of benzene rings is 10. The highest BCUT2D eigenvalue weighted by molar-refractivity contribution is 6.77. The number of carbonyl (C=O) groups is 3. The standard InChI is InChI=1S/C113H135NO23Si/c1-10-63-120-111-108(135-97(117)62-61-81(8)115)106(127-72-91-57-37-19-38-58-91)102(136-110-98(114-82(9)116)103(124-69-88-51-31-16-32-52-88)99(121-66-85-45-25-13-26-46-85)93(131-110)74-118-64-83-41-21-11-22-42-83)95(133-111)76-129-112-109(105(126-71-90-55-35-18-36-56-90)100(122-67-86-47-27-14-28-48-86)94(132-112)75-119-65-84-43-23-12-24-44-84)137-113-107(128-73-92-59-39-20-40-60-92)104(125-70-89-53-33-17-34-54-89)101(123-68-87-49-29-15-30-50-87)96(134-113)77-130-138(78(2)3,79(4)5)80(6)7/h10-60,78-80,93-96,98-113H,1,61-77H2,2-9H3,(H,114,116)/t93-,94+,95-,96-,98-,99+,100+,101-,102+,103-,104+,105-,106-,107+,108+,109-,110+,111+,112-,113-/m1/s1. The van der Waals surface area contributed by atoms with Crippen molar-refractivity contribution in [3.63, 3.8) is 0 Å². The molecule has 0 radical (unpaired) electrons. The Balaban J connectivity index is 0.950. The van der Waals surface area contributed by atoms with Gasteiger partial charge in [-0.05, 0) is 79.2 Å². The van der Waals surface area contributed by atoms with Crippen LogP contribution in [0.5, 0.6) is 0 Å². The number of Topliss-reactive ketones (excluding diaryl/α,β-unsaturated/α-hetero) is 1. The SMILES string of the molecule is C=CCO[C@H]1O[C@H](CO[C@@H]2O[C@@H](COCc3ccccc3)[C@H](OCc3ccccc3)[C@@H](OCc3ccccc3)[C@H]2O[C@H]2O[C@H](CO[Si](C(C)C)(C(C)C)C(C)C)[C@@H](OCc3ccccc3)[C@H](OCc3ccccc3)[C@@H]2OCc2ccccc2)[C@H](O[C@@H]2O[C@H](COCc3ccccc3)[C@H](OCc3ccccc3)[C@H](OCc3ccccc3)[C@H]2NC(C)=O)[C@@H](OCc2ccccc2)[C@@H]1OC(=O)CCC(C)=O. The molecule has 138 heavy (non-hydrogen) atoms. The predicted molar refractivity (Wildman–Crippen MR) is 523 cm³/mol. The van der Waals surface area contributed by atoms with E-state index in [1.165, 1.54) is 13.8 Å². The summed E-state index contributed by atoms with van der Waals surface area (Å²) < 4.78 is 148. The van der Waals surface area contributed by atoms with E-state index in [0.29, 0.717) is 0 Å². The largest absolute Gasteiger partial charge is 0.454 e. The number of ketones is 1. The second kappa shape index (κ2) is 54.1. The first-order chi connectivity index (χ1) is 67.4. The molecule has 4 fully saturated rings. The van der Waals surface area contributed by atoms with Crippen LogP contribution in [0.3, 0.4) is 0 Å². The van der Waals surface area contributed by atoms with Crippen LogP contribution in [-0.4, -0.2) is 182 Å². The lowest BCUT2D eigenvalue weighted by atomic mass is 9.94. The highest BCUT2D eigenvalue weighted by atomic mass is 28.4. The molecule has 0 spiro atoms. The molecule has 4 heterocycles. The van der Waals surface area contributed by atoms with Crippen LogP contribution < -0.4 is 5.32 Å². The molecular formula is C113H135NO23Si. The van der Waals surface area contributed by atoms with Crippen LogP contribution in [0.4, 0.5) is 0 Å². The Kier molecular flexibility index (Phi) is 40.7. The summed E-state index contributed by atoms with van der Waals surface area (Å²) >= 11 is 0. The van der Waals surface area contributed by atoms with E-state index in [1.807, 2.05) is 303 Å². The van der Waals surface area contributed by atoms with E-state index in [9.17, 15) is 14.4 Å². The van der Waals surface area contributed by atoms with Crippen molar-refractivity contribution in [3.8, 4) is 0 Å². The van der Waals surface area contributed by atoms with Gasteiger partial charge in [0.1, 0.15) is 97.3 Å². The van der Waals surface area contributed by atoms with Crippen molar-refractivity contribution >= 4 is 26.0 Å². The van der Waals surface area contributed by atoms with Gasteiger partial charge in [-0.1, -0.05) is 351 Å². The fourth-order valence-corrected chi connectivity index (χ4v) is 24.1. The van der Waals surface area contributed by atoms with Crippen LogP contribution in [0.2, 0.25) is 16.6 Å². The van der Waals surface area contributed by atoms with Crippen molar-refractivity contribution < 1.29 is 109 Å². The number of hydrogen-bond acceptors (Lipinski definition) is 23. The first kappa shape index (κ1) is 104. The monoisotopic (exact) mass is 1900 g/mol. The molecule has 0 unspecified atom stereocenters. The van der Waals surface area contributed by atoms with Crippen LogP contribution in [0, 0.1) is 0 Å². The average molecular weight is 1900 g/mol. The minimum absolute atomic E-state index is 0.0155. The number of esters is 1. The van der Waals surface area contributed by atoms with E-state index < -0.39 is 150 Å². The van der Waals surface area contributed by atoms with Crippen LogP contribution in [0.1, 0.15) is 124 Å². The molecule has 24 nitrogen and oxygen atoms in total. The summed E-state index contributed by atoms with van der Waals surface area (Å²) in [7, 11) is -2.76. The molecule has 734 valence electrons. The van der Waals surface area contributed by atoms with E-state index >= 15 is 0 Å². The van der Waals surface area contributed by atoms with Gasteiger partial charge in [-0.25, -0.2) is 0 Å². The number of rotatable bonds is 53. The summed E-state index contributed by atoms with van der Waals surface area (Å²) in [5, 5.41) is 3.22. The van der Waals surface area contributed by atoms with Crippen molar-refractivity contribution in [3.05, 3.63) is 372 Å². The van der Waals surface area contributed by atoms with E-state index in [-0.39, 0.29) is 128 Å². The maximum absolute atomic E-state index is 14.8. The third-order valence-corrected chi connectivity index (χ3v) is 31.5. The van der Waals surface area contributed by atoms with Crippen molar-refractivity contribution in [1.82, 2.24) is 5.32 Å². The molecule has 25 heteroatoms. The molecule has 4 saturated heterocycles. The molecule has 4 aliphatic rings. The molecule has 0 aliphatic carbocycles. The third kappa shape index (κ3) is 30.0. The molecule has 4 aliphatic heterocycles. The Morgan fingerprint density at radius 2 is 0.587 bits per heavy atom. The maximum Gasteiger partial charge on any atom is 0.306 e. The highest BCUT2D eigenvalue weighted by Gasteiger charge is 2.59. The Morgan fingerprint density at radius 1 is 0.304 bits per heavy atom. The maximum atomic E-state index is 14.8. The zero-order valence-corrected chi connectivity index (χ0v) is 81.3.